The first-order valence-electron chi connectivity index (χ1n) is 6.34. The van der Waals surface area contributed by atoms with E-state index in [0.717, 1.165) is 31.7 Å². The van der Waals surface area contributed by atoms with E-state index in [9.17, 15) is 4.79 Å². The first-order valence-corrected chi connectivity index (χ1v) is 6.34. The zero-order valence-corrected chi connectivity index (χ0v) is 13.4. The van der Waals surface area contributed by atoms with E-state index in [2.05, 4.69) is 16.8 Å². The standard InChI is InChI=1S/C14H20N2O2.2ClH/c1-11(14(17)18)12-3-5-13(6-4-12)16-9-7-15(2)8-10-16;;/h3-6,11H,7-10H2,1-2H3,(H,17,18);2*1H. The van der Waals surface area contributed by atoms with Crippen LogP contribution in [0.2, 0.25) is 0 Å². The smallest absolute Gasteiger partial charge is 0.310 e. The normalized spacial score (nSPS) is 16.8. The number of anilines is 1. The summed E-state index contributed by atoms with van der Waals surface area (Å²) in [5, 5.41) is 8.97. The zero-order chi connectivity index (χ0) is 13.1. The summed E-state index contributed by atoms with van der Waals surface area (Å²) in [5.41, 5.74) is 2.05. The largest absolute Gasteiger partial charge is 0.481 e. The van der Waals surface area contributed by atoms with Gasteiger partial charge in [0, 0.05) is 31.9 Å². The molecule has 0 amide bonds. The highest BCUT2D eigenvalue weighted by Gasteiger charge is 2.16. The van der Waals surface area contributed by atoms with Gasteiger partial charge in [-0.15, -0.1) is 24.8 Å². The van der Waals surface area contributed by atoms with Crippen molar-refractivity contribution in [1.82, 2.24) is 4.90 Å². The summed E-state index contributed by atoms with van der Waals surface area (Å²) >= 11 is 0. The minimum absolute atomic E-state index is 0. The Bertz CT molecular complexity index is 418. The molecule has 0 saturated carbocycles. The molecule has 1 saturated heterocycles. The van der Waals surface area contributed by atoms with Gasteiger partial charge in [0.25, 0.3) is 0 Å². The molecule has 1 aromatic rings. The van der Waals surface area contributed by atoms with Crippen molar-refractivity contribution in [2.75, 3.05) is 38.1 Å². The van der Waals surface area contributed by atoms with Gasteiger partial charge in [0.1, 0.15) is 0 Å². The minimum Gasteiger partial charge on any atom is -0.481 e. The molecule has 1 unspecified atom stereocenters. The predicted octanol–water partition coefficient (Wildman–Crippen LogP) is 2.47. The van der Waals surface area contributed by atoms with Gasteiger partial charge in [-0.3, -0.25) is 4.79 Å². The Balaban J connectivity index is 0.00000180. The molecule has 1 atom stereocenters. The quantitative estimate of drug-likeness (QED) is 0.929. The molecule has 1 aromatic carbocycles. The van der Waals surface area contributed by atoms with Gasteiger partial charge in [0.15, 0.2) is 0 Å². The molecular formula is C14H22Cl2N2O2. The molecule has 6 heteroatoms. The van der Waals surface area contributed by atoms with Crippen LogP contribution in [-0.2, 0) is 4.79 Å². The fourth-order valence-corrected chi connectivity index (χ4v) is 2.18. The number of hydrogen-bond acceptors (Lipinski definition) is 3. The lowest BCUT2D eigenvalue weighted by atomic mass is 10.0. The number of hydrogen-bond donors (Lipinski definition) is 1. The molecule has 0 radical (unpaired) electrons. The second-order valence-electron chi connectivity index (χ2n) is 4.94. The maximum atomic E-state index is 10.9. The van der Waals surface area contributed by atoms with E-state index in [0.29, 0.717) is 0 Å². The fraction of sp³-hybridized carbons (Fsp3) is 0.500. The molecule has 0 aromatic heterocycles. The van der Waals surface area contributed by atoms with Crippen LogP contribution in [0.3, 0.4) is 0 Å². The zero-order valence-electron chi connectivity index (χ0n) is 11.8. The summed E-state index contributed by atoms with van der Waals surface area (Å²) in [6.07, 6.45) is 0. The van der Waals surface area contributed by atoms with E-state index in [-0.39, 0.29) is 24.8 Å². The maximum absolute atomic E-state index is 10.9. The molecule has 1 fully saturated rings. The Morgan fingerprint density at radius 1 is 1.10 bits per heavy atom. The topological polar surface area (TPSA) is 43.8 Å². The highest BCUT2D eigenvalue weighted by Crippen LogP contribution is 2.21. The Labute approximate surface area is 132 Å². The van der Waals surface area contributed by atoms with Crippen molar-refractivity contribution in [3.63, 3.8) is 0 Å². The van der Waals surface area contributed by atoms with Crippen LogP contribution in [0.4, 0.5) is 5.69 Å². The van der Waals surface area contributed by atoms with Crippen LogP contribution in [-0.4, -0.2) is 49.2 Å². The molecule has 0 spiro atoms. The van der Waals surface area contributed by atoms with E-state index in [1.54, 1.807) is 6.92 Å². The highest BCUT2D eigenvalue weighted by molar-refractivity contribution is 5.85. The van der Waals surface area contributed by atoms with Crippen molar-refractivity contribution < 1.29 is 9.90 Å². The summed E-state index contributed by atoms with van der Waals surface area (Å²) < 4.78 is 0. The molecule has 1 N–H and O–H groups in total. The maximum Gasteiger partial charge on any atom is 0.310 e. The average molecular weight is 321 g/mol. The molecule has 0 aliphatic carbocycles. The second kappa shape index (κ2) is 8.35. The molecular weight excluding hydrogens is 299 g/mol. The number of likely N-dealkylation sites (N-methyl/N-ethyl adjacent to an activating group) is 1. The van der Waals surface area contributed by atoms with Gasteiger partial charge in [-0.25, -0.2) is 0 Å². The lowest BCUT2D eigenvalue weighted by Crippen LogP contribution is -2.44. The summed E-state index contributed by atoms with van der Waals surface area (Å²) in [6, 6.07) is 7.90. The molecule has 114 valence electrons. The van der Waals surface area contributed by atoms with Crippen molar-refractivity contribution in [3.8, 4) is 0 Å². The van der Waals surface area contributed by atoms with Crippen molar-refractivity contribution in [2.24, 2.45) is 0 Å². The highest BCUT2D eigenvalue weighted by atomic mass is 35.5. The van der Waals surface area contributed by atoms with E-state index >= 15 is 0 Å². The van der Waals surface area contributed by atoms with Gasteiger partial charge in [0.2, 0.25) is 0 Å². The minimum atomic E-state index is -0.776. The number of halogens is 2. The molecule has 4 nitrogen and oxygen atoms in total. The number of nitrogens with zero attached hydrogens (tertiary/aromatic N) is 2. The Hall–Kier alpha value is -0.970. The lowest BCUT2D eigenvalue weighted by Gasteiger charge is -2.34. The van der Waals surface area contributed by atoms with E-state index in [4.69, 9.17) is 5.11 Å². The van der Waals surface area contributed by atoms with Gasteiger partial charge in [-0.05, 0) is 31.7 Å². The number of carboxylic acid groups (broad SMARTS) is 1. The number of rotatable bonds is 3. The number of carboxylic acids is 1. The van der Waals surface area contributed by atoms with Crippen LogP contribution >= 0.6 is 24.8 Å². The van der Waals surface area contributed by atoms with Crippen LogP contribution in [0.1, 0.15) is 18.4 Å². The third-order valence-corrected chi connectivity index (χ3v) is 3.63. The number of benzene rings is 1. The summed E-state index contributed by atoms with van der Waals surface area (Å²) in [7, 11) is 2.13. The summed E-state index contributed by atoms with van der Waals surface area (Å²) in [5.74, 6) is -1.21. The number of piperazine rings is 1. The van der Waals surface area contributed by atoms with Crippen LogP contribution in [0.25, 0.3) is 0 Å². The van der Waals surface area contributed by atoms with Gasteiger partial charge in [0.05, 0.1) is 5.92 Å². The summed E-state index contributed by atoms with van der Waals surface area (Å²) in [4.78, 5) is 15.6. The Kier molecular flexibility index (Phi) is 7.94. The van der Waals surface area contributed by atoms with E-state index in [1.165, 1.54) is 5.69 Å². The van der Waals surface area contributed by atoms with Gasteiger partial charge in [-0.2, -0.15) is 0 Å². The molecule has 1 aliphatic heterocycles. The van der Waals surface area contributed by atoms with Gasteiger partial charge >= 0.3 is 5.97 Å². The molecule has 1 aliphatic rings. The van der Waals surface area contributed by atoms with Crippen molar-refractivity contribution >= 4 is 36.5 Å². The molecule has 1 heterocycles. The van der Waals surface area contributed by atoms with Crippen LogP contribution in [0, 0.1) is 0 Å². The average Bonchev–Trinajstić information content (AvgIpc) is 2.39. The predicted molar refractivity (Wildman–Crippen MR) is 86.7 cm³/mol. The van der Waals surface area contributed by atoms with Gasteiger partial charge < -0.3 is 14.9 Å². The summed E-state index contributed by atoms with van der Waals surface area (Å²) in [6.45, 7) is 5.93. The van der Waals surface area contributed by atoms with Crippen molar-refractivity contribution in [3.05, 3.63) is 29.8 Å². The van der Waals surface area contributed by atoms with E-state index in [1.807, 2.05) is 24.3 Å². The van der Waals surface area contributed by atoms with Crippen LogP contribution in [0.5, 0.6) is 0 Å². The molecule has 0 bridgehead atoms. The monoisotopic (exact) mass is 320 g/mol. The Morgan fingerprint density at radius 2 is 1.60 bits per heavy atom. The van der Waals surface area contributed by atoms with Crippen LogP contribution in [0.15, 0.2) is 24.3 Å². The first-order chi connectivity index (χ1) is 8.58. The lowest BCUT2D eigenvalue weighted by molar-refractivity contribution is -0.138. The fourth-order valence-electron chi connectivity index (χ4n) is 2.18. The SMILES string of the molecule is CC(C(=O)O)c1ccc(N2CCN(C)CC2)cc1.Cl.Cl. The van der Waals surface area contributed by atoms with Crippen molar-refractivity contribution in [1.29, 1.82) is 0 Å². The number of aliphatic carboxylic acids is 1. The number of carbonyl (C=O) groups is 1. The molecule has 20 heavy (non-hydrogen) atoms. The van der Waals surface area contributed by atoms with Crippen molar-refractivity contribution in [2.45, 2.75) is 12.8 Å². The Morgan fingerprint density at radius 3 is 2.05 bits per heavy atom. The van der Waals surface area contributed by atoms with Gasteiger partial charge in [-0.1, -0.05) is 12.1 Å². The third-order valence-electron chi connectivity index (χ3n) is 3.63. The van der Waals surface area contributed by atoms with Crippen LogP contribution < -0.4 is 4.90 Å². The first kappa shape index (κ1) is 19.0. The molecule has 2 rings (SSSR count). The van der Waals surface area contributed by atoms with E-state index < -0.39 is 11.9 Å². The third kappa shape index (κ3) is 4.54. The second-order valence-corrected chi connectivity index (χ2v) is 4.94.